The smallest absolute Gasteiger partial charge is 0.144 e. The predicted octanol–water partition coefficient (Wildman–Crippen LogP) is 1.48. The van der Waals surface area contributed by atoms with Crippen LogP contribution < -0.4 is 5.73 Å². The summed E-state index contributed by atoms with van der Waals surface area (Å²) in [6.45, 7) is 3.29. The van der Waals surface area contributed by atoms with E-state index in [1.807, 2.05) is 0 Å². The van der Waals surface area contributed by atoms with Crippen molar-refractivity contribution in [3.05, 3.63) is 11.1 Å². The zero-order valence-electron chi connectivity index (χ0n) is 5.98. The Kier molecular flexibility index (Phi) is 3.72. The summed E-state index contributed by atoms with van der Waals surface area (Å²) in [4.78, 5) is 3.63. The van der Waals surface area contributed by atoms with Gasteiger partial charge in [-0.15, -0.1) is 0 Å². The van der Waals surface area contributed by atoms with Crippen LogP contribution in [0.2, 0.25) is 0 Å². The maximum absolute atomic E-state index is 6.94. The zero-order chi connectivity index (χ0) is 8.15. The number of aliphatic imine (C=N–C) groups is 1. The number of nitrogens with two attached hydrogens (primary N) is 1. The highest BCUT2D eigenvalue weighted by Crippen LogP contribution is 1.99. The molecule has 0 amide bonds. The molecule has 3 nitrogen and oxygen atoms in total. The summed E-state index contributed by atoms with van der Waals surface area (Å²) in [5.41, 5.74) is 5.34. The van der Waals surface area contributed by atoms with E-state index in [-0.39, 0.29) is 11.7 Å². The van der Waals surface area contributed by atoms with Crippen LogP contribution in [0.1, 0.15) is 13.8 Å². The molecule has 0 bridgehead atoms. The minimum Gasteiger partial charge on any atom is -0.382 e. The predicted molar refractivity (Wildman–Crippen MR) is 44.6 cm³/mol. The normalized spacial score (nSPS) is 13.5. The van der Waals surface area contributed by atoms with Gasteiger partial charge in [0.1, 0.15) is 11.7 Å². The number of nitrogens with zero attached hydrogens (tertiary/aromatic N) is 1. The van der Waals surface area contributed by atoms with E-state index in [4.69, 9.17) is 22.7 Å². The topological polar surface area (TPSA) is 62.2 Å². The summed E-state index contributed by atoms with van der Waals surface area (Å²) >= 11 is 5.57. The Morgan fingerprint density at radius 1 is 1.70 bits per heavy atom. The highest BCUT2D eigenvalue weighted by atomic mass is 35.5. The van der Waals surface area contributed by atoms with Crippen LogP contribution in [0.5, 0.6) is 0 Å². The maximum atomic E-state index is 6.94. The summed E-state index contributed by atoms with van der Waals surface area (Å²) in [5, 5.41) is 7.32. The number of allylic oxidation sites excluding steroid dienone is 1. The molecule has 0 atom stereocenters. The van der Waals surface area contributed by atoms with Crippen LogP contribution in [0.4, 0.5) is 0 Å². The summed E-state index contributed by atoms with van der Waals surface area (Å²) in [6.07, 6.45) is 1.63. The van der Waals surface area contributed by atoms with Gasteiger partial charge in [0.15, 0.2) is 0 Å². The third-order valence-corrected chi connectivity index (χ3v) is 1.20. The summed E-state index contributed by atoms with van der Waals surface area (Å²) < 4.78 is 0. The van der Waals surface area contributed by atoms with Crippen molar-refractivity contribution < 1.29 is 0 Å². The van der Waals surface area contributed by atoms with E-state index in [0.29, 0.717) is 5.03 Å². The fourth-order valence-corrected chi connectivity index (χ4v) is 0.424. The molecule has 0 aromatic rings. The van der Waals surface area contributed by atoms with E-state index in [1.165, 1.54) is 6.92 Å². The molecule has 0 saturated heterocycles. The summed E-state index contributed by atoms with van der Waals surface area (Å²) in [6, 6.07) is 0. The molecule has 4 heteroatoms. The molecule has 0 aromatic carbocycles. The lowest BCUT2D eigenvalue weighted by atomic mass is 10.5. The van der Waals surface area contributed by atoms with Gasteiger partial charge in [0.25, 0.3) is 0 Å². The number of amidine groups is 2. The van der Waals surface area contributed by atoms with E-state index in [9.17, 15) is 0 Å². The molecule has 0 aliphatic carbocycles. The average Bonchev–Trinajstić information content (AvgIpc) is 1.85. The van der Waals surface area contributed by atoms with Gasteiger partial charge in [-0.3, -0.25) is 5.41 Å². The second-order valence-electron chi connectivity index (χ2n) is 1.72. The van der Waals surface area contributed by atoms with E-state index in [1.54, 1.807) is 13.0 Å². The van der Waals surface area contributed by atoms with Crippen LogP contribution in [0.25, 0.3) is 0 Å². The molecule has 0 saturated carbocycles. The molecule has 0 unspecified atom stereocenters. The second-order valence-corrected chi connectivity index (χ2v) is 2.13. The first kappa shape index (κ1) is 9.17. The minimum absolute atomic E-state index is 0.150. The number of halogens is 1. The monoisotopic (exact) mass is 159 g/mol. The zero-order valence-corrected chi connectivity index (χ0v) is 6.74. The lowest BCUT2D eigenvalue weighted by Crippen LogP contribution is -2.13. The maximum Gasteiger partial charge on any atom is 0.144 e. The van der Waals surface area contributed by atoms with Crippen molar-refractivity contribution >= 4 is 23.3 Å². The molecule has 0 spiro atoms. The molecule has 56 valence electrons. The molecule has 0 aliphatic rings. The molecule has 0 aliphatic heterocycles. The van der Waals surface area contributed by atoms with Crippen molar-refractivity contribution in [3.8, 4) is 0 Å². The van der Waals surface area contributed by atoms with Crippen LogP contribution in [0, 0.1) is 5.41 Å². The largest absolute Gasteiger partial charge is 0.382 e. The van der Waals surface area contributed by atoms with Crippen LogP contribution in [-0.4, -0.2) is 11.7 Å². The Hall–Kier alpha value is -0.830. The molecular formula is C6H10ClN3. The molecule has 0 heterocycles. The first-order valence-electron chi connectivity index (χ1n) is 2.79. The lowest BCUT2D eigenvalue weighted by Gasteiger charge is -1.94. The second kappa shape index (κ2) is 4.06. The molecular weight excluding hydrogens is 150 g/mol. The summed E-state index contributed by atoms with van der Waals surface area (Å²) in [7, 11) is 0. The molecule has 0 fully saturated rings. The number of nitrogens with one attached hydrogen (secondary N) is 1. The van der Waals surface area contributed by atoms with Gasteiger partial charge in [0.2, 0.25) is 0 Å². The Bertz CT molecular complexity index is 193. The van der Waals surface area contributed by atoms with Gasteiger partial charge in [-0.1, -0.05) is 17.7 Å². The highest BCUT2D eigenvalue weighted by Gasteiger charge is 1.95. The number of hydrogen-bond donors (Lipinski definition) is 2. The number of rotatable bonds is 1. The van der Waals surface area contributed by atoms with Gasteiger partial charge in [-0.05, 0) is 13.8 Å². The van der Waals surface area contributed by atoms with Crippen molar-refractivity contribution in [1.82, 2.24) is 0 Å². The molecule has 0 rings (SSSR count). The summed E-state index contributed by atoms with van der Waals surface area (Å²) in [5.74, 6) is 0.342. The van der Waals surface area contributed by atoms with Gasteiger partial charge >= 0.3 is 0 Å². The Labute approximate surface area is 65.1 Å². The fourth-order valence-electron chi connectivity index (χ4n) is 0.382. The first-order chi connectivity index (χ1) is 4.57. The van der Waals surface area contributed by atoms with Crippen molar-refractivity contribution in [3.63, 3.8) is 0 Å². The standard InChI is InChI=1S/C6H10ClN3/c1-3-5(7)6(9)10-4(2)8/h3H,1-2H3,(H3,8,9,10)/b5-3+. The van der Waals surface area contributed by atoms with Crippen LogP contribution >= 0.6 is 11.6 Å². The SMILES string of the molecule is C/C=C(Cl)\C(N)=N/C(C)=N. The fraction of sp³-hybridized carbons (Fsp3) is 0.333. The van der Waals surface area contributed by atoms with Crippen molar-refractivity contribution in [2.75, 3.05) is 0 Å². The number of hydrogen-bond acceptors (Lipinski definition) is 1. The molecule has 10 heavy (non-hydrogen) atoms. The third-order valence-electron chi connectivity index (χ3n) is 0.786. The van der Waals surface area contributed by atoms with Crippen molar-refractivity contribution in [2.24, 2.45) is 10.7 Å². The minimum atomic E-state index is 0.150. The van der Waals surface area contributed by atoms with Gasteiger partial charge in [-0.2, -0.15) is 0 Å². The quantitative estimate of drug-likeness (QED) is 0.442. The Morgan fingerprint density at radius 2 is 2.20 bits per heavy atom. The molecule has 3 N–H and O–H groups in total. The Morgan fingerprint density at radius 3 is 2.50 bits per heavy atom. The van der Waals surface area contributed by atoms with Gasteiger partial charge in [0, 0.05) is 0 Å². The lowest BCUT2D eigenvalue weighted by molar-refractivity contribution is 1.40. The molecule has 0 radical (unpaired) electrons. The molecule has 0 aromatic heterocycles. The van der Waals surface area contributed by atoms with E-state index in [0.717, 1.165) is 0 Å². The van der Waals surface area contributed by atoms with Crippen molar-refractivity contribution in [1.29, 1.82) is 5.41 Å². The van der Waals surface area contributed by atoms with E-state index in [2.05, 4.69) is 4.99 Å². The van der Waals surface area contributed by atoms with Crippen LogP contribution in [-0.2, 0) is 0 Å². The van der Waals surface area contributed by atoms with Gasteiger partial charge < -0.3 is 5.73 Å². The highest BCUT2D eigenvalue weighted by molar-refractivity contribution is 6.43. The third kappa shape index (κ3) is 3.25. The van der Waals surface area contributed by atoms with E-state index < -0.39 is 0 Å². The van der Waals surface area contributed by atoms with Gasteiger partial charge in [-0.25, -0.2) is 4.99 Å². The van der Waals surface area contributed by atoms with Crippen LogP contribution in [0.15, 0.2) is 16.1 Å². The van der Waals surface area contributed by atoms with E-state index >= 15 is 0 Å². The first-order valence-corrected chi connectivity index (χ1v) is 3.17. The van der Waals surface area contributed by atoms with Crippen LogP contribution in [0.3, 0.4) is 0 Å². The van der Waals surface area contributed by atoms with Gasteiger partial charge in [0.05, 0.1) is 5.03 Å². The average molecular weight is 160 g/mol. The Balaban J connectivity index is 4.35. The van der Waals surface area contributed by atoms with Crippen molar-refractivity contribution in [2.45, 2.75) is 13.8 Å².